The number of sulfonamides is 1. The van der Waals surface area contributed by atoms with E-state index in [1.807, 2.05) is 12.1 Å². The van der Waals surface area contributed by atoms with Crippen LogP contribution in [-0.2, 0) is 27.7 Å². The predicted molar refractivity (Wildman–Crippen MR) is 111 cm³/mol. The summed E-state index contributed by atoms with van der Waals surface area (Å²) in [5.41, 5.74) is 3.26. The van der Waals surface area contributed by atoms with Crippen molar-refractivity contribution in [1.82, 2.24) is 14.9 Å². The van der Waals surface area contributed by atoms with Gasteiger partial charge < -0.3 is 15.4 Å². The first-order chi connectivity index (χ1) is 14.0. The molecule has 0 unspecified atom stereocenters. The summed E-state index contributed by atoms with van der Waals surface area (Å²) in [7, 11) is -3.50. The average molecular weight is 418 g/mol. The Morgan fingerprint density at radius 2 is 1.72 bits per heavy atom. The molecule has 156 valence electrons. The fourth-order valence-electron chi connectivity index (χ4n) is 3.16. The number of hydrogen-bond donors (Lipinski definition) is 2. The van der Waals surface area contributed by atoms with E-state index in [1.165, 1.54) is 15.4 Å². The first kappa shape index (κ1) is 21.3. The van der Waals surface area contributed by atoms with Gasteiger partial charge in [0.25, 0.3) is 0 Å². The third kappa shape index (κ3) is 5.79. The number of morpholine rings is 1. The number of hydrogen-bond acceptors (Lipinski definition) is 4. The van der Waals surface area contributed by atoms with Crippen LogP contribution in [0.25, 0.3) is 0 Å². The lowest BCUT2D eigenvalue weighted by atomic mass is 10.1. The van der Waals surface area contributed by atoms with Gasteiger partial charge in [0.05, 0.1) is 18.1 Å². The van der Waals surface area contributed by atoms with E-state index in [9.17, 15) is 13.2 Å². The van der Waals surface area contributed by atoms with Crippen molar-refractivity contribution in [3.05, 3.63) is 65.2 Å². The summed E-state index contributed by atoms with van der Waals surface area (Å²) in [4.78, 5) is 12.2. The van der Waals surface area contributed by atoms with Gasteiger partial charge in [-0.3, -0.25) is 0 Å². The lowest BCUT2D eigenvalue weighted by Gasteiger charge is -2.26. The minimum atomic E-state index is -3.50. The molecule has 7 nitrogen and oxygen atoms in total. The molecule has 0 aromatic heterocycles. The van der Waals surface area contributed by atoms with Crippen molar-refractivity contribution in [3.8, 4) is 0 Å². The Morgan fingerprint density at radius 1 is 1.03 bits per heavy atom. The summed E-state index contributed by atoms with van der Waals surface area (Å²) < 4.78 is 31.9. The van der Waals surface area contributed by atoms with Crippen LogP contribution in [0.5, 0.6) is 0 Å². The Balaban J connectivity index is 1.46. The summed E-state index contributed by atoms with van der Waals surface area (Å²) in [6, 6.07) is 14.5. The number of nitrogens with zero attached hydrogens (tertiary/aromatic N) is 1. The third-order valence-corrected chi connectivity index (χ3v) is 6.84. The van der Waals surface area contributed by atoms with Crippen molar-refractivity contribution >= 4 is 16.1 Å². The van der Waals surface area contributed by atoms with Crippen LogP contribution in [0, 0.1) is 6.92 Å². The summed E-state index contributed by atoms with van der Waals surface area (Å²) in [5, 5.41) is 5.64. The normalized spacial score (nSPS) is 15.1. The molecular weight excluding hydrogens is 390 g/mol. The number of carbonyl (C=O) groups is 1. The molecular formula is C21H27N3O4S. The fraction of sp³-hybridized carbons (Fsp3) is 0.381. The molecule has 0 atom stereocenters. The molecule has 2 aromatic rings. The first-order valence-electron chi connectivity index (χ1n) is 9.70. The zero-order chi connectivity index (χ0) is 20.7. The molecule has 2 N–H and O–H groups in total. The Bertz CT molecular complexity index is 923. The molecule has 0 spiro atoms. The molecule has 3 rings (SSSR count). The second-order valence-corrected chi connectivity index (χ2v) is 8.88. The lowest BCUT2D eigenvalue weighted by molar-refractivity contribution is 0.0730. The molecule has 1 aliphatic rings. The quantitative estimate of drug-likeness (QED) is 0.722. The summed E-state index contributed by atoms with van der Waals surface area (Å²) >= 11 is 0. The van der Waals surface area contributed by atoms with Gasteiger partial charge in [-0.2, -0.15) is 4.31 Å². The standard InChI is InChI=1S/C21H27N3O4S/c1-17-4-2-3-5-19(17)10-11-22-21(25)23-16-18-6-8-20(9-7-18)29(26,27)24-12-14-28-15-13-24/h2-9H,10-16H2,1H3,(H2,22,23,25). The smallest absolute Gasteiger partial charge is 0.315 e. The van der Waals surface area contributed by atoms with E-state index < -0.39 is 10.0 Å². The van der Waals surface area contributed by atoms with Gasteiger partial charge in [0.15, 0.2) is 0 Å². The zero-order valence-corrected chi connectivity index (χ0v) is 17.4. The number of nitrogens with one attached hydrogen (secondary N) is 2. The van der Waals surface area contributed by atoms with Gasteiger partial charge in [-0.05, 0) is 42.2 Å². The van der Waals surface area contributed by atoms with Crippen molar-refractivity contribution in [2.45, 2.75) is 24.8 Å². The van der Waals surface area contributed by atoms with E-state index in [0.717, 1.165) is 12.0 Å². The van der Waals surface area contributed by atoms with Crippen LogP contribution in [0.2, 0.25) is 0 Å². The molecule has 1 saturated heterocycles. The lowest BCUT2D eigenvalue weighted by Crippen LogP contribution is -2.40. The molecule has 1 heterocycles. The molecule has 0 aliphatic carbocycles. The van der Waals surface area contributed by atoms with Gasteiger partial charge in [0.1, 0.15) is 0 Å². The molecule has 29 heavy (non-hydrogen) atoms. The molecule has 0 bridgehead atoms. The number of urea groups is 1. The highest BCUT2D eigenvalue weighted by Crippen LogP contribution is 2.17. The monoisotopic (exact) mass is 417 g/mol. The maximum atomic E-state index is 12.6. The van der Waals surface area contributed by atoms with Gasteiger partial charge in [-0.1, -0.05) is 36.4 Å². The molecule has 1 fully saturated rings. The second kappa shape index (κ2) is 9.87. The highest BCUT2D eigenvalue weighted by Gasteiger charge is 2.26. The number of benzene rings is 2. The van der Waals surface area contributed by atoms with Gasteiger partial charge in [-0.15, -0.1) is 0 Å². The summed E-state index contributed by atoms with van der Waals surface area (Å²) in [6.07, 6.45) is 0.772. The second-order valence-electron chi connectivity index (χ2n) is 6.95. The number of carbonyl (C=O) groups excluding carboxylic acids is 1. The highest BCUT2D eigenvalue weighted by molar-refractivity contribution is 7.89. The van der Waals surface area contributed by atoms with Gasteiger partial charge in [-0.25, -0.2) is 13.2 Å². The van der Waals surface area contributed by atoms with Gasteiger partial charge >= 0.3 is 6.03 Å². The van der Waals surface area contributed by atoms with Crippen molar-refractivity contribution in [3.63, 3.8) is 0 Å². The van der Waals surface area contributed by atoms with E-state index in [4.69, 9.17) is 4.74 Å². The Hall–Kier alpha value is -2.42. The molecule has 2 aromatic carbocycles. The minimum absolute atomic E-state index is 0.247. The SMILES string of the molecule is Cc1ccccc1CCNC(=O)NCc1ccc(S(=O)(=O)N2CCOCC2)cc1. The maximum absolute atomic E-state index is 12.6. The average Bonchev–Trinajstić information content (AvgIpc) is 2.74. The molecule has 1 aliphatic heterocycles. The van der Waals surface area contributed by atoms with E-state index in [-0.39, 0.29) is 10.9 Å². The van der Waals surface area contributed by atoms with Crippen molar-refractivity contribution in [2.75, 3.05) is 32.8 Å². The van der Waals surface area contributed by atoms with Crippen molar-refractivity contribution in [2.24, 2.45) is 0 Å². The van der Waals surface area contributed by atoms with Crippen LogP contribution in [0.1, 0.15) is 16.7 Å². The topological polar surface area (TPSA) is 87.7 Å². The zero-order valence-electron chi connectivity index (χ0n) is 16.6. The fourth-order valence-corrected chi connectivity index (χ4v) is 4.57. The largest absolute Gasteiger partial charge is 0.379 e. The summed E-state index contributed by atoms with van der Waals surface area (Å²) in [5.74, 6) is 0. The summed E-state index contributed by atoms with van der Waals surface area (Å²) in [6.45, 7) is 4.50. The molecule has 0 saturated carbocycles. The van der Waals surface area contributed by atoms with Crippen LogP contribution in [0.15, 0.2) is 53.4 Å². The van der Waals surface area contributed by atoms with E-state index in [1.54, 1.807) is 24.3 Å². The number of amides is 2. The van der Waals surface area contributed by atoms with E-state index in [0.29, 0.717) is 39.4 Å². The van der Waals surface area contributed by atoms with Gasteiger partial charge in [0, 0.05) is 26.2 Å². The molecule has 2 amide bonds. The Labute approximate surface area is 172 Å². The van der Waals surface area contributed by atoms with Crippen LogP contribution >= 0.6 is 0 Å². The Kier molecular flexibility index (Phi) is 7.24. The van der Waals surface area contributed by atoms with Crippen LogP contribution in [0.4, 0.5) is 4.79 Å². The Morgan fingerprint density at radius 3 is 2.41 bits per heavy atom. The number of rotatable bonds is 7. The minimum Gasteiger partial charge on any atom is -0.379 e. The maximum Gasteiger partial charge on any atom is 0.315 e. The first-order valence-corrected chi connectivity index (χ1v) is 11.1. The molecule has 8 heteroatoms. The number of aryl methyl sites for hydroxylation is 1. The third-order valence-electron chi connectivity index (χ3n) is 4.93. The van der Waals surface area contributed by atoms with Crippen molar-refractivity contribution < 1.29 is 17.9 Å². The van der Waals surface area contributed by atoms with Crippen LogP contribution < -0.4 is 10.6 Å². The number of ether oxygens (including phenoxy) is 1. The van der Waals surface area contributed by atoms with E-state index in [2.05, 4.69) is 29.7 Å². The van der Waals surface area contributed by atoms with Crippen molar-refractivity contribution in [1.29, 1.82) is 0 Å². The van der Waals surface area contributed by atoms with Gasteiger partial charge in [0.2, 0.25) is 10.0 Å². The predicted octanol–water partition coefficient (Wildman–Crippen LogP) is 2.06. The molecule has 0 radical (unpaired) electrons. The van der Waals surface area contributed by atoms with Crippen LogP contribution in [0.3, 0.4) is 0 Å². The van der Waals surface area contributed by atoms with E-state index >= 15 is 0 Å². The van der Waals surface area contributed by atoms with Crippen LogP contribution in [-0.4, -0.2) is 51.6 Å². The highest BCUT2D eigenvalue weighted by atomic mass is 32.2.